The number of nitrogens with zero attached hydrogens (tertiary/aromatic N) is 1. The first kappa shape index (κ1) is 12.9. The summed E-state index contributed by atoms with van der Waals surface area (Å²) in [5, 5.41) is 10.7. The zero-order chi connectivity index (χ0) is 14.2. The molecule has 0 atom stereocenters. The number of halogens is 3. The minimum atomic E-state index is -1.77. The summed E-state index contributed by atoms with van der Waals surface area (Å²) in [5.74, 6) is -5.04. The van der Waals surface area contributed by atoms with Crippen LogP contribution in [0, 0.1) is 17.5 Å². The van der Waals surface area contributed by atoms with E-state index >= 15 is 0 Å². The zero-order valence-corrected chi connectivity index (χ0v) is 9.28. The predicted octanol–water partition coefficient (Wildman–Crippen LogP) is 1.11. The van der Waals surface area contributed by atoms with Crippen LogP contribution in [-0.2, 0) is 0 Å². The normalized spacial score (nSPS) is 10.5. The maximum atomic E-state index is 13.7. The number of carboxylic acids is 1. The first-order chi connectivity index (χ1) is 8.91. The monoisotopic (exact) mass is 267 g/mol. The lowest BCUT2D eigenvalue weighted by Gasteiger charge is -2.11. The van der Waals surface area contributed by atoms with E-state index < -0.39 is 46.1 Å². The van der Waals surface area contributed by atoms with E-state index in [2.05, 4.69) is 4.98 Å². The highest BCUT2D eigenvalue weighted by Crippen LogP contribution is 2.28. The zero-order valence-electron chi connectivity index (χ0n) is 9.28. The number of aromatic carboxylic acids is 1. The number of nitrogen functional groups attached to an aromatic ring is 1. The molecule has 0 fully saturated rings. The van der Waals surface area contributed by atoms with Gasteiger partial charge in [-0.05, 0) is 12.1 Å². The summed E-state index contributed by atoms with van der Waals surface area (Å²) in [4.78, 5) is 14.0. The van der Waals surface area contributed by atoms with Gasteiger partial charge in [0.1, 0.15) is 23.0 Å². The lowest BCUT2D eigenvalue weighted by molar-refractivity contribution is -0.255. The third-order valence-electron chi connectivity index (χ3n) is 2.40. The summed E-state index contributed by atoms with van der Waals surface area (Å²) in [5.41, 5.74) is 2.43. The van der Waals surface area contributed by atoms with Crippen LogP contribution in [0.15, 0.2) is 24.3 Å². The molecule has 0 aliphatic rings. The number of carboxylic acid groups (broad SMARTS) is 1. The Hall–Kier alpha value is -2.57. The summed E-state index contributed by atoms with van der Waals surface area (Å²) in [6.07, 6.45) is 0. The van der Waals surface area contributed by atoms with Crippen molar-refractivity contribution in [3.05, 3.63) is 47.4 Å². The van der Waals surface area contributed by atoms with Crippen LogP contribution in [0.5, 0.6) is 0 Å². The average molecular weight is 267 g/mol. The molecule has 0 spiro atoms. The Bertz CT molecular complexity index is 654. The molecule has 0 radical (unpaired) electrons. The number of nitrogens with two attached hydrogens (primary N) is 1. The van der Waals surface area contributed by atoms with E-state index in [9.17, 15) is 23.1 Å². The van der Waals surface area contributed by atoms with Crippen LogP contribution in [0.2, 0.25) is 0 Å². The van der Waals surface area contributed by atoms with Gasteiger partial charge in [0.25, 0.3) is 0 Å². The first-order valence-electron chi connectivity index (χ1n) is 5.03. The van der Waals surface area contributed by atoms with E-state index in [1.54, 1.807) is 0 Å². The number of aromatic nitrogens is 1. The number of benzene rings is 1. The quantitative estimate of drug-likeness (QED) is 0.884. The van der Waals surface area contributed by atoms with Crippen molar-refractivity contribution in [1.82, 2.24) is 4.98 Å². The van der Waals surface area contributed by atoms with Crippen LogP contribution in [0.3, 0.4) is 0 Å². The maximum Gasteiger partial charge on any atom is 0.151 e. The Morgan fingerprint density at radius 2 is 1.74 bits per heavy atom. The Morgan fingerprint density at radius 1 is 1.16 bits per heavy atom. The fourth-order valence-electron chi connectivity index (χ4n) is 1.57. The van der Waals surface area contributed by atoms with Crippen LogP contribution in [0.1, 0.15) is 10.5 Å². The van der Waals surface area contributed by atoms with E-state index in [4.69, 9.17) is 5.73 Å². The van der Waals surface area contributed by atoms with Crippen LogP contribution in [-0.4, -0.2) is 11.0 Å². The highest BCUT2D eigenvalue weighted by Gasteiger charge is 2.19. The Labute approximate surface area is 105 Å². The molecule has 2 rings (SSSR count). The molecule has 0 amide bonds. The second-order valence-corrected chi connectivity index (χ2v) is 3.64. The second-order valence-electron chi connectivity index (χ2n) is 3.64. The van der Waals surface area contributed by atoms with Gasteiger partial charge in [0.15, 0.2) is 5.82 Å². The number of carbonyl (C=O) groups excluding carboxylic acids is 1. The Morgan fingerprint density at radius 3 is 2.26 bits per heavy atom. The number of rotatable bonds is 2. The number of anilines is 1. The van der Waals surface area contributed by atoms with Gasteiger partial charge in [-0.25, -0.2) is 18.2 Å². The first-order valence-corrected chi connectivity index (χ1v) is 5.03. The van der Waals surface area contributed by atoms with Crippen LogP contribution >= 0.6 is 0 Å². The fraction of sp³-hybridized carbons (Fsp3) is 0. The molecule has 1 aromatic heterocycles. The molecule has 0 saturated carbocycles. The lowest BCUT2D eigenvalue weighted by Crippen LogP contribution is -2.25. The highest BCUT2D eigenvalue weighted by atomic mass is 19.1. The summed E-state index contributed by atoms with van der Waals surface area (Å²) in [6.45, 7) is 0. The van der Waals surface area contributed by atoms with Gasteiger partial charge in [0.05, 0.1) is 17.2 Å². The van der Waals surface area contributed by atoms with Crippen molar-refractivity contribution in [3.63, 3.8) is 0 Å². The molecule has 2 aromatic rings. The highest BCUT2D eigenvalue weighted by molar-refractivity contribution is 5.90. The van der Waals surface area contributed by atoms with Crippen molar-refractivity contribution < 1.29 is 23.1 Å². The van der Waals surface area contributed by atoms with Gasteiger partial charge in [0.2, 0.25) is 0 Å². The van der Waals surface area contributed by atoms with Gasteiger partial charge in [-0.1, -0.05) is 6.07 Å². The molecular formula is C12H6F3N2O2-. The van der Waals surface area contributed by atoms with Crippen molar-refractivity contribution in [1.29, 1.82) is 0 Å². The predicted molar refractivity (Wildman–Crippen MR) is 58.3 cm³/mol. The van der Waals surface area contributed by atoms with E-state index in [1.165, 1.54) is 0 Å². The third-order valence-corrected chi connectivity index (χ3v) is 2.40. The number of hydrogen-bond donors (Lipinski definition) is 1. The molecule has 0 saturated heterocycles. The number of hydrogen-bond acceptors (Lipinski definition) is 4. The molecule has 0 aliphatic heterocycles. The summed E-state index contributed by atoms with van der Waals surface area (Å²) in [7, 11) is 0. The molecular weight excluding hydrogens is 261 g/mol. The minimum absolute atomic E-state index is 0.488. The Balaban J connectivity index is 2.76. The second kappa shape index (κ2) is 4.60. The van der Waals surface area contributed by atoms with E-state index in [0.717, 1.165) is 18.2 Å². The molecule has 7 heteroatoms. The van der Waals surface area contributed by atoms with Crippen molar-refractivity contribution >= 4 is 11.7 Å². The standard InChI is InChI=1S/C12H7F3N2O2/c13-5-2-1-3-6(14)9(5)10-7(15)4-8(16)11(17-10)12(18)19/h1-4H,16H2,(H,18,19)/p-1. The molecule has 0 unspecified atom stereocenters. The summed E-state index contributed by atoms with van der Waals surface area (Å²) >= 11 is 0. The smallest absolute Gasteiger partial charge is 0.151 e. The van der Waals surface area contributed by atoms with Gasteiger partial charge in [-0.3, -0.25) is 0 Å². The van der Waals surface area contributed by atoms with Crippen LogP contribution in [0.4, 0.5) is 18.9 Å². The topological polar surface area (TPSA) is 79.0 Å². The summed E-state index contributed by atoms with van der Waals surface area (Å²) in [6, 6.07) is 3.51. The molecule has 19 heavy (non-hydrogen) atoms. The molecule has 1 heterocycles. The maximum absolute atomic E-state index is 13.7. The summed E-state index contributed by atoms with van der Waals surface area (Å²) < 4.78 is 40.7. The van der Waals surface area contributed by atoms with E-state index in [-0.39, 0.29) is 0 Å². The lowest BCUT2D eigenvalue weighted by atomic mass is 10.1. The van der Waals surface area contributed by atoms with Gasteiger partial charge in [-0.2, -0.15) is 0 Å². The van der Waals surface area contributed by atoms with E-state index in [0.29, 0.717) is 6.07 Å². The molecule has 98 valence electrons. The molecule has 2 N–H and O–H groups in total. The van der Waals surface area contributed by atoms with Crippen molar-refractivity contribution in [3.8, 4) is 11.3 Å². The third kappa shape index (κ3) is 2.22. The average Bonchev–Trinajstić information content (AvgIpc) is 2.30. The van der Waals surface area contributed by atoms with Gasteiger partial charge in [0, 0.05) is 6.07 Å². The van der Waals surface area contributed by atoms with Gasteiger partial charge in [-0.15, -0.1) is 0 Å². The van der Waals surface area contributed by atoms with E-state index in [1.807, 2.05) is 0 Å². The largest absolute Gasteiger partial charge is 0.543 e. The molecule has 0 aliphatic carbocycles. The van der Waals surface area contributed by atoms with Gasteiger partial charge < -0.3 is 15.6 Å². The SMILES string of the molecule is Nc1cc(F)c(-c2c(F)cccc2F)nc1C(=O)[O-]. The van der Waals surface area contributed by atoms with Gasteiger partial charge >= 0.3 is 0 Å². The van der Waals surface area contributed by atoms with Crippen molar-refractivity contribution in [2.45, 2.75) is 0 Å². The van der Waals surface area contributed by atoms with Crippen LogP contribution < -0.4 is 10.8 Å². The number of pyridine rings is 1. The van der Waals surface area contributed by atoms with Crippen molar-refractivity contribution in [2.24, 2.45) is 0 Å². The number of carbonyl (C=O) groups is 1. The minimum Gasteiger partial charge on any atom is -0.543 e. The fourth-order valence-corrected chi connectivity index (χ4v) is 1.57. The molecule has 0 bridgehead atoms. The molecule has 1 aromatic carbocycles. The van der Waals surface area contributed by atoms with Crippen LogP contribution in [0.25, 0.3) is 11.3 Å². The molecule has 4 nitrogen and oxygen atoms in total. The Kier molecular flexibility index (Phi) is 3.12. The van der Waals surface area contributed by atoms with Crippen molar-refractivity contribution in [2.75, 3.05) is 5.73 Å².